The van der Waals surface area contributed by atoms with Crippen molar-refractivity contribution in [3.05, 3.63) is 0 Å². The molecule has 0 spiro atoms. The smallest absolute Gasteiger partial charge is 0.369 e. The molecule has 0 aromatic carbocycles. The van der Waals surface area contributed by atoms with Gasteiger partial charge in [0.05, 0.1) is 6.54 Å². The van der Waals surface area contributed by atoms with E-state index in [2.05, 4.69) is 5.32 Å². The van der Waals surface area contributed by atoms with Gasteiger partial charge in [-0.1, -0.05) is 0 Å². The molecule has 0 aromatic heterocycles. The molecule has 0 unspecified atom stereocenters. The number of nitrogens with one attached hydrogen (secondary N) is 1. The molecule has 1 heterocycles. The summed E-state index contributed by atoms with van der Waals surface area (Å²) in [5, 5.41) is 2.83. The fourth-order valence-electron chi connectivity index (χ4n) is 1.92. The first-order valence-electron chi connectivity index (χ1n) is 5.66. The van der Waals surface area contributed by atoms with E-state index in [0.29, 0.717) is 19.4 Å². The highest BCUT2D eigenvalue weighted by Crippen LogP contribution is 2.23. The van der Waals surface area contributed by atoms with Crippen molar-refractivity contribution in [2.75, 3.05) is 26.2 Å². The van der Waals surface area contributed by atoms with E-state index in [0.717, 1.165) is 4.90 Å². The summed E-state index contributed by atoms with van der Waals surface area (Å²) in [5.41, 5.74) is 4.94. The molecule has 18 heavy (non-hydrogen) atoms. The molecule has 3 N–H and O–H groups in total. The van der Waals surface area contributed by atoms with Crippen molar-refractivity contribution >= 4 is 11.8 Å². The summed E-state index contributed by atoms with van der Waals surface area (Å²) in [6, 6.07) is 0. The van der Waals surface area contributed by atoms with Crippen molar-refractivity contribution in [1.82, 2.24) is 10.2 Å². The number of nitrogens with zero attached hydrogens (tertiary/aromatic N) is 1. The first-order chi connectivity index (χ1) is 8.30. The number of amides is 2. The maximum atomic E-state index is 12.2. The molecule has 104 valence electrons. The van der Waals surface area contributed by atoms with Crippen LogP contribution in [0.2, 0.25) is 0 Å². The van der Waals surface area contributed by atoms with Gasteiger partial charge in [0.15, 0.2) is 0 Å². The van der Waals surface area contributed by atoms with Crippen LogP contribution in [-0.4, -0.2) is 49.1 Å². The number of nitrogens with two attached hydrogens (primary N) is 1. The summed E-state index contributed by atoms with van der Waals surface area (Å²) >= 11 is 0. The van der Waals surface area contributed by atoms with Gasteiger partial charge in [0.25, 0.3) is 0 Å². The molecule has 1 saturated heterocycles. The van der Waals surface area contributed by atoms with Gasteiger partial charge in [0.2, 0.25) is 5.91 Å². The second-order valence-corrected chi connectivity index (χ2v) is 4.33. The standard InChI is InChI=1S/C10H16F3N3O2/c11-10(12,13)9(18)16-3-1-7(2-4-16)5-15-6-8(14)17/h7,15H,1-6H2,(H2,14,17). The first-order valence-corrected chi connectivity index (χ1v) is 5.66. The van der Waals surface area contributed by atoms with Crippen molar-refractivity contribution in [2.45, 2.75) is 19.0 Å². The number of carbonyl (C=O) groups excluding carboxylic acids is 2. The average molecular weight is 267 g/mol. The van der Waals surface area contributed by atoms with Gasteiger partial charge in [-0.05, 0) is 25.3 Å². The van der Waals surface area contributed by atoms with E-state index in [9.17, 15) is 22.8 Å². The highest BCUT2D eigenvalue weighted by Gasteiger charge is 2.43. The maximum absolute atomic E-state index is 12.2. The predicted octanol–water partition coefficient (Wildman–Crippen LogP) is -0.138. The number of alkyl halides is 3. The first kappa shape index (κ1) is 14.7. The van der Waals surface area contributed by atoms with Crippen molar-refractivity contribution in [1.29, 1.82) is 0 Å². The Morgan fingerprint density at radius 3 is 2.28 bits per heavy atom. The van der Waals surface area contributed by atoms with Crippen LogP contribution in [0.25, 0.3) is 0 Å². The monoisotopic (exact) mass is 267 g/mol. The zero-order chi connectivity index (χ0) is 13.8. The lowest BCUT2D eigenvalue weighted by Crippen LogP contribution is -2.46. The number of hydrogen-bond acceptors (Lipinski definition) is 3. The van der Waals surface area contributed by atoms with Crippen LogP contribution >= 0.6 is 0 Å². The largest absolute Gasteiger partial charge is 0.471 e. The van der Waals surface area contributed by atoms with Gasteiger partial charge < -0.3 is 16.0 Å². The van der Waals surface area contributed by atoms with E-state index >= 15 is 0 Å². The molecule has 2 amide bonds. The third-order valence-corrected chi connectivity index (χ3v) is 2.88. The molecule has 1 aliphatic rings. The van der Waals surface area contributed by atoms with Crippen LogP contribution in [-0.2, 0) is 9.59 Å². The highest BCUT2D eigenvalue weighted by molar-refractivity contribution is 5.81. The molecule has 0 radical (unpaired) electrons. The average Bonchev–Trinajstić information content (AvgIpc) is 2.27. The Balaban J connectivity index is 2.28. The van der Waals surface area contributed by atoms with Gasteiger partial charge in [-0.25, -0.2) is 0 Å². The molecule has 5 nitrogen and oxygen atoms in total. The summed E-state index contributed by atoms with van der Waals surface area (Å²) in [6.45, 7) is 0.779. The van der Waals surface area contributed by atoms with Crippen molar-refractivity contribution in [3.8, 4) is 0 Å². The molecule has 0 aromatic rings. The van der Waals surface area contributed by atoms with E-state index in [1.165, 1.54) is 0 Å². The van der Waals surface area contributed by atoms with E-state index in [1.54, 1.807) is 0 Å². The van der Waals surface area contributed by atoms with Crippen molar-refractivity contribution in [2.24, 2.45) is 11.7 Å². The van der Waals surface area contributed by atoms with E-state index in [1.807, 2.05) is 0 Å². The van der Waals surface area contributed by atoms with Crippen LogP contribution in [0.15, 0.2) is 0 Å². The zero-order valence-electron chi connectivity index (χ0n) is 9.79. The molecule has 0 saturated carbocycles. The molecule has 1 aliphatic heterocycles. The normalized spacial score (nSPS) is 17.8. The summed E-state index contributed by atoms with van der Waals surface area (Å²) in [6.07, 6.45) is -3.81. The molecule has 0 atom stereocenters. The summed E-state index contributed by atoms with van der Waals surface area (Å²) < 4.78 is 36.5. The number of piperidine rings is 1. The minimum absolute atomic E-state index is 0.0572. The number of rotatable bonds is 4. The van der Waals surface area contributed by atoms with Crippen LogP contribution in [0.4, 0.5) is 13.2 Å². The quantitative estimate of drug-likeness (QED) is 0.744. The lowest BCUT2D eigenvalue weighted by Gasteiger charge is -2.32. The number of likely N-dealkylation sites (tertiary alicyclic amines) is 1. The predicted molar refractivity (Wildman–Crippen MR) is 57.4 cm³/mol. The Kier molecular flexibility index (Phi) is 4.94. The summed E-state index contributed by atoms with van der Waals surface area (Å²) in [4.78, 5) is 22.3. The molecule has 1 rings (SSSR count). The van der Waals surface area contributed by atoms with E-state index < -0.39 is 18.0 Å². The number of primary amides is 1. The van der Waals surface area contributed by atoms with Gasteiger partial charge in [0.1, 0.15) is 0 Å². The molecule has 8 heteroatoms. The van der Waals surface area contributed by atoms with Gasteiger partial charge in [-0.3, -0.25) is 9.59 Å². The van der Waals surface area contributed by atoms with Gasteiger partial charge >= 0.3 is 12.1 Å². The molecule has 1 fully saturated rings. The van der Waals surface area contributed by atoms with E-state index in [-0.39, 0.29) is 25.6 Å². The number of carbonyl (C=O) groups is 2. The Bertz CT molecular complexity index is 312. The fraction of sp³-hybridized carbons (Fsp3) is 0.800. The van der Waals surface area contributed by atoms with Crippen LogP contribution in [0, 0.1) is 5.92 Å². The Hall–Kier alpha value is -1.31. The van der Waals surface area contributed by atoms with Crippen molar-refractivity contribution < 1.29 is 22.8 Å². The third kappa shape index (κ3) is 4.52. The van der Waals surface area contributed by atoms with Crippen LogP contribution in [0.5, 0.6) is 0 Å². The van der Waals surface area contributed by atoms with Crippen LogP contribution < -0.4 is 11.1 Å². The molecular weight excluding hydrogens is 251 g/mol. The Morgan fingerprint density at radius 2 is 1.83 bits per heavy atom. The SMILES string of the molecule is NC(=O)CNCC1CCN(C(=O)C(F)(F)F)CC1. The van der Waals surface area contributed by atoms with Crippen LogP contribution in [0.3, 0.4) is 0 Å². The van der Waals surface area contributed by atoms with Crippen LogP contribution in [0.1, 0.15) is 12.8 Å². The Labute approximate surface area is 102 Å². The van der Waals surface area contributed by atoms with E-state index in [4.69, 9.17) is 5.73 Å². The van der Waals surface area contributed by atoms with Gasteiger partial charge in [-0.2, -0.15) is 13.2 Å². The minimum atomic E-state index is -4.79. The number of hydrogen-bond donors (Lipinski definition) is 2. The Morgan fingerprint density at radius 1 is 1.28 bits per heavy atom. The lowest BCUT2D eigenvalue weighted by molar-refractivity contribution is -0.186. The maximum Gasteiger partial charge on any atom is 0.471 e. The van der Waals surface area contributed by atoms with Gasteiger partial charge in [-0.15, -0.1) is 0 Å². The minimum Gasteiger partial charge on any atom is -0.369 e. The summed E-state index contributed by atoms with van der Waals surface area (Å²) in [7, 11) is 0. The molecule has 0 aliphatic carbocycles. The van der Waals surface area contributed by atoms with Crippen molar-refractivity contribution in [3.63, 3.8) is 0 Å². The lowest BCUT2D eigenvalue weighted by atomic mass is 9.96. The third-order valence-electron chi connectivity index (χ3n) is 2.88. The van der Waals surface area contributed by atoms with Gasteiger partial charge in [0, 0.05) is 13.1 Å². The molecule has 0 bridgehead atoms. The zero-order valence-corrected chi connectivity index (χ0v) is 9.79. The second kappa shape index (κ2) is 6.03. The topological polar surface area (TPSA) is 75.4 Å². The number of halogens is 3. The molecular formula is C10H16F3N3O2. The summed E-state index contributed by atoms with van der Waals surface area (Å²) in [5.74, 6) is -2.08. The second-order valence-electron chi connectivity index (χ2n) is 4.33. The highest BCUT2D eigenvalue weighted by atomic mass is 19.4. The fourth-order valence-corrected chi connectivity index (χ4v) is 1.92.